The van der Waals surface area contributed by atoms with Crippen LogP contribution in [-0.2, 0) is 13.6 Å². The molecule has 100 valence electrons. The molecule has 0 saturated carbocycles. The molecule has 0 N–H and O–H groups in total. The van der Waals surface area contributed by atoms with Gasteiger partial charge in [0, 0.05) is 36.6 Å². The lowest BCUT2D eigenvalue weighted by Crippen LogP contribution is -2.25. The third-order valence-electron chi connectivity index (χ3n) is 2.97. The molecular formula is C15H17ClN2O. The fraction of sp³-hybridized carbons (Fsp3) is 0.267. The number of aromatic nitrogens is 1. The Labute approximate surface area is 118 Å². The first-order valence-electron chi connectivity index (χ1n) is 6.13. The molecule has 0 atom stereocenters. The SMILES string of the molecule is CN(CC(=O)c1ccn(C)c1)Cc1ccccc1Cl. The van der Waals surface area contributed by atoms with Crippen LogP contribution in [0.1, 0.15) is 15.9 Å². The summed E-state index contributed by atoms with van der Waals surface area (Å²) in [6.07, 6.45) is 3.72. The van der Waals surface area contributed by atoms with Crippen LogP contribution < -0.4 is 0 Å². The zero-order chi connectivity index (χ0) is 13.8. The molecule has 1 aromatic heterocycles. The smallest absolute Gasteiger partial charge is 0.178 e. The third-order valence-corrected chi connectivity index (χ3v) is 3.33. The van der Waals surface area contributed by atoms with Crippen LogP contribution in [0.15, 0.2) is 42.7 Å². The molecular weight excluding hydrogens is 260 g/mol. The normalized spacial score (nSPS) is 10.9. The second kappa shape index (κ2) is 6.04. The predicted octanol–water partition coefficient (Wildman–Crippen LogP) is 2.99. The van der Waals surface area contributed by atoms with E-state index >= 15 is 0 Å². The number of hydrogen-bond acceptors (Lipinski definition) is 2. The topological polar surface area (TPSA) is 25.2 Å². The lowest BCUT2D eigenvalue weighted by atomic mass is 10.2. The number of carbonyl (C=O) groups excluding carboxylic acids is 1. The number of likely N-dealkylation sites (N-methyl/N-ethyl adjacent to an activating group) is 1. The molecule has 0 saturated heterocycles. The summed E-state index contributed by atoms with van der Waals surface area (Å²) >= 11 is 6.11. The van der Waals surface area contributed by atoms with Gasteiger partial charge in [-0.3, -0.25) is 9.69 Å². The standard InChI is InChI=1S/C15H17ClN2O/c1-17-8-7-13(10-17)15(19)11-18(2)9-12-5-3-4-6-14(12)16/h3-8,10H,9,11H2,1-2H3. The lowest BCUT2D eigenvalue weighted by molar-refractivity contribution is 0.0943. The molecule has 2 rings (SSSR count). The summed E-state index contributed by atoms with van der Waals surface area (Å²) in [7, 11) is 3.83. The molecule has 3 nitrogen and oxygen atoms in total. The maximum Gasteiger partial charge on any atom is 0.178 e. The summed E-state index contributed by atoms with van der Waals surface area (Å²) in [5, 5.41) is 0.738. The Kier molecular flexibility index (Phi) is 4.40. The fourth-order valence-corrected chi connectivity index (χ4v) is 2.17. The van der Waals surface area contributed by atoms with E-state index in [-0.39, 0.29) is 5.78 Å². The number of rotatable bonds is 5. The highest BCUT2D eigenvalue weighted by Crippen LogP contribution is 2.16. The molecule has 0 fully saturated rings. The first kappa shape index (κ1) is 13.8. The van der Waals surface area contributed by atoms with Crippen molar-refractivity contribution in [3.8, 4) is 0 Å². The summed E-state index contributed by atoms with van der Waals surface area (Å²) in [4.78, 5) is 14.0. The Morgan fingerprint density at radius 3 is 2.68 bits per heavy atom. The third kappa shape index (κ3) is 3.69. The van der Waals surface area contributed by atoms with Crippen molar-refractivity contribution in [2.75, 3.05) is 13.6 Å². The number of nitrogens with zero attached hydrogens (tertiary/aromatic N) is 2. The van der Waals surface area contributed by atoms with Crippen molar-refractivity contribution in [2.45, 2.75) is 6.54 Å². The minimum absolute atomic E-state index is 0.121. The molecule has 0 bridgehead atoms. The van der Waals surface area contributed by atoms with E-state index in [1.807, 2.05) is 66.3 Å². The zero-order valence-corrected chi connectivity index (χ0v) is 11.9. The van der Waals surface area contributed by atoms with E-state index in [1.165, 1.54) is 0 Å². The summed E-state index contributed by atoms with van der Waals surface area (Å²) < 4.78 is 1.88. The van der Waals surface area contributed by atoms with Crippen molar-refractivity contribution in [1.29, 1.82) is 0 Å². The monoisotopic (exact) mass is 276 g/mol. The van der Waals surface area contributed by atoms with Crippen LogP contribution in [0.25, 0.3) is 0 Å². The largest absolute Gasteiger partial charge is 0.357 e. The van der Waals surface area contributed by atoms with Crippen LogP contribution in [-0.4, -0.2) is 28.8 Å². The average Bonchev–Trinajstić information content (AvgIpc) is 2.79. The molecule has 19 heavy (non-hydrogen) atoms. The van der Waals surface area contributed by atoms with Gasteiger partial charge in [-0.2, -0.15) is 0 Å². The number of hydrogen-bond donors (Lipinski definition) is 0. The summed E-state index contributed by atoms with van der Waals surface area (Å²) in [5.41, 5.74) is 1.78. The molecule has 4 heteroatoms. The minimum Gasteiger partial charge on any atom is -0.357 e. The first-order chi connectivity index (χ1) is 9.06. The van der Waals surface area contributed by atoms with Gasteiger partial charge in [0.25, 0.3) is 0 Å². The maximum absolute atomic E-state index is 12.1. The van der Waals surface area contributed by atoms with Crippen LogP contribution in [0, 0.1) is 0 Å². The van der Waals surface area contributed by atoms with Gasteiger partial charge in [0.2, 0.25) is 0 Å². The van der Waals surface area contributed by atoms with Gasteiger partial charge in [0.1, 0.15) is 0 Å². The molecule has 0 unspecified atom stereocenters. The van der Waals surface area contributed by atoms with E-state index in [9.17, 15) is 4.79 Å². The Morgan fingerprint density at radius 1 is 1.32 bits per heavy atom. The molecule has 1 heterocycles. The summed E-state index contributed by atoms with van der Waals surface area (Å²) in [6.45, 7) is 1.05. The van der Waals surface area contributed by atoms with Crippen molar-refractivity contribution >= 4 is 17.4 Å². The molecule has 1 aromatic carbocycles. The van der Waals surface area contributed by atoms with E-state index in [0.717, 1.165) is 16.1 Å². The molecule has 2 aromatic rings. The van der Waals surface area contributed by atoms with Crippen molar-refractivity contribution in [2.24, 2.45) is 7.05 Å². The highest BCUT2D eigenvalue weighted by molar-refractivity contribution is 6.31. The lowest BCUT2D eigenvalue weighted by Gasteiger charge is -2.16. The van der Waals surface area contributed by atoms with Crippen LogP contribution in [0.4, 0.5) is 0 Å². The number of halogens is 1. The Balaban J connectivity index is 1.96. The Morgan fingerprint density at radius 2 is 2.05 bits per heavy atom. The van der Waals surface area contributed by atoms with Gasteiger partial charge in [-0.05, 0) is 24.7 Å². The van der Waals surface area contributed by atoms with Crippen molar-refractivity contribution in [1.82, 2.24) is 9.47 Å². The molecule has 0 amide bonds. The van der Waals surface area contributed by atoms with Crippen molar-refractivity contribution in [3.63, 3.8) is 0 Å². The number of aryl methyl sites for hydroxylation is 1. The van der Waals surface area contributed by atoms with Gasteiger partial charge in [-0.15, -0.1) is 0 Å². The number of benzene rings is 1. The van der Waals surface area contributed by atoms with Crippen LogP contribution >= 0.6 is 11.6 Å². The molecule has 0 aliphatic carbocycles. The number of carbonyl (C=O) groups is 1. The second-order valence-electron chi connectivity index (χ2n) is 4.75. The van der Waals surface area contributed by atoms with E-state index < -0.39 is 0 Å². The fourth-order valence-electron chi connectivity index (χ4n) is 1.98. The molecule has 0 aliphatic heterocycles. The zero-order valence-electron chi connectivity index (χ0n) is 11.1. The Bertz CT molecular complexity index is 577. The van der Waals surface area contributed by atoms with Crippen LogP contribution in [0.5, 0.6) is 0 Å². The highest BCUT2D eigenvalue weighted by Gasteiger charge is 2.11. The van der Waals surface area contributed by atoms with E-state index in [4.69, 9.17) is 11.6 Å². The van der Waals surface area contributed by atoms with Gasteiger partial charge >= 0.3 is 0 Å². The van der Waals surface area contributed by atoms with E-state index in [1.54, 1.807) is 0 Å². The van der Waals surface area contributed by atoms with Gasteiger partial charge in [0.05, 0.1) is 6.54 Å². The van der Waals surface area contributed by atoms with Gasteiger partial charge < -0.3 is 4.57 Å². The Hall–Kier alpha value is -1.58. The van der Waals surface area contributed by atoms with Crippen LogP contribution in [0.2, 0.25) is 5.02 Å². The van der Waals surface area contributed by atoms with Crippen molar-refractivity contribution < 1.29 is 4.79 Å². The number of Topliss-reactive ketones (excluding diaryl/α,β-unsaturated/α-hetero) is 1. The van der Waals surface area contributed by atoms with E-state index in [0.29, 0.717) is 13.1 Å². The average molecular weight is 277 g/mol. The van der Waals surface area contributed by atoms with Gasteiger partial charge in [-0.25, -0.2) is 0 Å². The minimum atomic E-state index is 0.121. The maximum atomic E-state index is 12.1. The number of ketones is 1. The highest BCUT2D eigenvalue weighted by atomic mass is 35.5. The molecule has 0 aliphatic rings. The second-order valence-corrected chi connectivity index (χ2v) is 5.16. The van der Waals surface area contributed by atoms with Gasteiger partial charge in [-0.1, -0.05) is 29.8 Å². The quantitative estimate of drug-likeness (QED) is 0.785. The van der Waals surface area contributed by atoms with Crippen molar-refractivity contribution in [3.05, 3.63) is 58.9 Å². The van der Waals surface area contributed by atoms with Crippen LogP contribution in [0.3, 0.4) is 0 Å². The predicted molar refractivity (Wildman–Crippen MR) is 77.5 cm³/mol. The molecule has 0 radical (unpaired) electrons. The van der Waals surface area contributed by atoms with Gasteiger partial charge in [0.15, 0.2) is 5.78 Å². The molecule has 0 spiro atoms. The summed E-state index contributed by atoms with van der Waals surface area (Å²) in [5.74, 6) is 0.121. The summed E-state index contributed by atoms with van der Waals surface area (Å²) in [6, 6.07) is 9.54. The van der Waals surface area contributed by atoms with E-state index in [2.05, 4.69) is 0 Å². The first-order valence-corrected chi connectivity index (χ1v) is 6.51.